The molecule has 2 heterocycles. The first-order chi connectivity index (χ1) is 8.28. The second-order valence-electron chi connectivity index (χ2n) is 5.45. The Kier molecular flexibility index (Phi) is 2.87. The fourth-order valence-electron chi connectivity index (χ4n) is 3.33. The van der Waals surface area contributed by atoms with Crippen LogP contribution in [0.1, 0.15) is 44.1 Å². The average Bonchev–Trinajstić information content (AvgIpc) is 2.38. The van der Waals surface area contributed by atoms with E-state index in [2.05, 4.69) is 9.88 Å². The van der Waals surface area contributed by atoms with Crippen molar-refractivity contribution in [3.8, 4) is 0 Å². The van der Waals surface area contributed by atoms with Gasteiger partial charge in [0, 0.05) is 24.8 Å². The summed E-state index contributed by atoms with van der Waals surface area (Å²) in [5, 5.41) is 0. The fourth-order valence-corrected chi connectivity index (χ4v) is 3.33. The van der Waals surface area contributed by atoms with Crippen molar-refractivity contribution in [1.82, 2.24) is 9.88 Å². The van der Waals surface area contributed by atoms with E-state index in [1.54, 1.807) is 6.20 Å². The average molecular weight is 234 g/mol. The molecule has 0 unspecified atom stereocenters. The molecule has 1 aliphatic heterocycles. The van der Waals surface area contributed by atoms with Gasteiger partial charge in [0.25, 0.3) is 0 Å². The second-order valence-corrected chi connectivity index (χ2v) is 5.45. The number of likely N-dealkylation sites (tertiary alicyclic amines) is 1. The van der Waals surface area contributed by atoms with Crippen molar-refractivity contribution in [1.29, 1.82) is 0 Å². The molecule has 3 rings (SSSR count). The third-order valence-corrected chi connectivity index (χ3v) is 4.46. The van der Waals surface area contributed by atoms with Crippen molar-refractivity contribution in [3.05, 3.63) is 29.8 Å². The SMILES string of the molecule is Fc1ccc(CN2CCC23CCCCC3)cn1. The summed E-state index contributed by atoms with van der Waals surface area (Å²) in [4.78, 5) is 6.30. The van der Waals surface area contributed by atoms with Crippen LogP contribution in [0.2, 0.25) is 0 Å². The Morgan fingerprint density at radius 1 is 1.18 bits per heavy atom. The van der Waals surface area contributed by atoms with Crippen molar-refractivity contribution in [2.75, 3.05) is 6.54 Å². The van der Waals surface area contributed by atoms with Gasteiger partial charge in [-0.3, -0.25) is 4.90 Å². The summed E-state index contributed by atoms with van der Waals surface area (Å²) < 4.78 is 12.7. The van der Waals surface area contributed by atoms with Crippen LogP contribution in [-0.4, -0.2) is 22.0 Å². The second kappa shape index (κ2) is 4.37. The first-order valence-corrected chi connectivity index (χ1v) is 6.64. The zero-order chi connectivity index (χ0) is 11.7. The summed E-state index contributed by atoms with van der Waals surface area (Å²) in [6, 6.07) is 3.32. The van der Waals surface area contributed by atoms with E-state index in [1.165, 1.54) is 51.1 Å². The molecule has 1 saturated carbocycles. The van der Waals surface area contributed by atoms with Crippen LogP contribution in [0.5, 0.6) is 0 Å². The Morgan fingerprint density at radius 3 is 2.59 bits per heavy atom. The van der Waals surface area contributed by atoms with Gasteiger partial charge in [0.05, 0.1) is 0 Å². The summed E-state index contributed by atoms with van der Waals surface area (Å²) in [7, 11) is 0. The summed E-state index contributed by atoms with van der Waals surface area (Å²) in [5.74, 6) is -0.385. The molecule has 0 bridgehead atoms. The predicted molar refractivity (Wildman–Crippen MR) is 65.0 cm³/mol. The number of nitrogens with zero attached hydrogens (tertiary/aromatic N) is 2. The third-order valence-electron chi connectivity index (χ3n) is 4.46. The molecule has 0 amide bonds. The lowest BCUT2D eigenvalue weighted by Gasteiger charge is -2.55. The molecule has 1 aromatic heterocycles. The summed E-state index contributed by atoms with van der Waals surface area (Å²) >= 11 is 0. The minimum absolute atomic E-state index is 0.385. The summed E-state index contributed by atoms with van der Waals surface area (Å²) in [6.07, 6.45) is 9.86. The smallest absolute Gasteiger partial charge is 0.212 e. The molecule has 1 aliphatic carbocycles. The highest BCUT2D eigenvalue weighted by atomic mass is 19.1. The van der Waals surface area contributed by atoms with Crippen LogP contribution in [-0.2, 0) is 6.54 Å². The number of hydrogen-bond donors (Lipinski definition) is 0. The maximum Gasteiger partial charge on any atom is 0.212 e. The molecule has 1 aromatic rings. The van der Waals surface area contributed by atoms with Crippen molar-refractivity contribution < 1.29 is 4.39 Å². The van der Waals surface area contributed by atoms with E-state index in [0.29, 0.717) is 5.54 Å². The monoisotopic (exact) mass is 234 g/mol. The highest BCUT2D eigenvalue weighted by molar-refractivity contribution is 5.12. The highest BCUT2D eigenvalue weighted by Gasteiger charge is 2.44. The van der Waals surface area contributed by atoms with Gasteiger partial charge >= 0.3 is 0 Å². The lowest BCUT2D eigenvalue weighted by Crippen LogP contribution is -2.59. The van der Waals surface area contributed by atoms with Gasteiger partial charge < -0.3 is 0 Å². The van der Waals surface area contributed by atoms with Gasteiger partial charge in [0.2, 0.25) is 5.95 Å². The van der Waals surface area contributed by atoms with Crippen LogP contribution >= 0.6 is 0 Å². The molecule has 2 nitrogen and oxygen atoms in total. The van der Waals surface area contributed by atoms with Crippen LogP contribution < -0.4 is 0 Å². The zero-order valence-corrected chi connectivity index (χ0v) is 10.2. The van der Waals surface area contributed by atoms with Gasteiger partial charge in [-0.25, -0.2) is 4.98 Å². The molecule has 0 aromatic carbocycles. The molecular weight excluding hydrogens is 215 g/mol. The number of rotatable bonds is 2. The Morgan fingerprint density at radius 2 is 2.00 bits per heavy atom. The van der Waals surface area contributed by atoms with E-state index in [-0.39, 0.29) is 5.95 Å². The maximum atomic E-state index is 12.7. The first-order valence-electron chi connectivity index (χ1n) is 6.64. The summed E-state index contributed by atoms with van der Waals surface area (Å²) in [5.41, 5.74) is 1.61. The highest BCUT2D eigenvalue weighted by Crippen LogP contribution is 2.43. The molecule has 3 heteroatoms. The van der Waals surface area contributed by atoms with Crippen LogP contribution in [0.4, 0.5) is 4.39 Å². The number of aromatic nitrogens is 1. The molecule has 2 aliphatic rings. The fraction of sp³-hybridized carbons (Fsp3) is 0.643. The van der Waals surface area contributed by atoms with Crippen molar-refractivity contribution in [3.63, 3.8) is 0 Å². The Hall–Kier alpha value is -0.960. The topological polar surface area (TPSA) is 16.1 Å². The van der Waals surface area contributed by atoms with Crippen molar-refractivity contribution in [2.45, 2.75) is 50.6 Å². The van der Waals surface area contributed by atoms with Gasteiger partial charge in [0.1, 0.15) is 0 Å². The van der Waals surface area contributed by atoms with E-state index in [0.717, 1.165) is 12.1 Å². The largest absolute Gasteiger partial charge is 0.293 e. The Balaban J connectivity index is 1.67. The number of halogens is 1. The van der Waals surface area contributed by atoms with Crippen molar-refractivity contribution in [2.24, 2.45) is 0 Å². The predicted octanol–water partition coefficient (Wildman–Crippen LogP) is 3.13. The Labute approximate surface area is 102 Å². The van der Waals surface area contributed by atoms with Gasteiger partial charge in [-0.05, 0) is 30.9 Å². The van der Waals surface area contributed by atoms with E-state index >= 15 is 0 Å². The van der Waals surface area contributed by atoms with E-state index in [9.17, 15) is 4.39 Å². The van der Waals surface area contributed by atoms with E-state index in [4.69, 9.17) is 0 Å². The maximum absolute atomic E-state index is 12.7. The molecule has 1 saturated heterocycles. The molecule has 2 fully saturated rings. The van der Waals surface area contributed by atoms with Gasteiger partial charge in [-0.15, -0.1) is 0 Å². The first kappa shape index (κ1) is 11.1. The standard InChI is InChI=1S/C14H19FN2/c15-13-5-4-12(10-16-13)11-17-9-8-14(17)6-2-1-3-7-14/h4-5,10H,1-3,6-9,11H2. The molecule has 1 spiro atoms. The molecule has 0 atom stereocenters. The van der Waals surface area contributed by atoms with Crippen molar-refractivity contribution >= 4 is 0 Å². The van der Waals surface area contributed by atoms with Gasteiger partial charge in [-0.1, -0.05) is 25.3 Å². The molecule has 0 radical (unpaired) electrons. The molecular formula is C14H19FN2. The minimum Gasteiger partial charge on any atom is -0.293 e. The van der Waals surface area contributed by atoms with Crippen LogP contribution in [0, 0.1) is 5.95 Å². The van der Waals surface area contributed by atoms with Crippen LogP contribution in [0.25, 0.3) is 0 Å². The van der Waals surface area contributed by atoms with E-state index < -0.39 is 0 Å². The number of hydrogen-bond acceptors (Lipinski definition) is 2. The van der Waals surface area contributed by atoms with Crippen LogP contribution in [0.15, 0.2) is 18.3 Å². The zero-order valence-electron chi connectivity index (χ0n) is 10.2. The molecule has 17 heavy (non-hydrogen) atoms. The lowest BCUT2D eigenvalue weighted by molar-refractivity contribution is -0.0487. The molecule has 92 valence electrons. The third kappa shape index (κ3) is 2.08. The van der Waals surface area contributed by atoms with Gasteiger partial charge in [0.15, 0.2) is 0 Å². The molecule has 0 N–H and O–H groups in total. The van der Waals surface area contributed by atoms with E-state index in [1.807, 2.05) is 6.07 Å². The number of pyridine rings is 1. The summed E-state index contributed by atoms with van der Waals surface area (Å²) in [6.45, 7) is 2.13. The van der Waals surface area contributed by atoms with Crippen LogP contribution in [0.3, 0.4) is 0 Å². The quantitative estimate of drug-likeness (QED) is 0.731. The lowest BCUT2D eigenvalue weighted by atomic mass is 9.72. The van der Waals surface area contributed by atoms with Gasteiger partial charge in [-0.2, -0.15) is 4.39 Å². The Bertz CT molecular complexity index is 382. The normalized spacial score (nSPS) is 23.6. The minimum atomic E-state index is -0.385.